The van der Waals surface area contributed by atoms with Crippen molar-refractivity contribution < 1.29 is 4.74 Å². The van der Waals surface area contributed by atoms with Crippen LogP contribution in [-0.2, 0) is 5.41 Å². The van der Waals surface area contributed by atoms with Crippen LogP contribution >= 0.6 is 0 Å². The summed E-state index contributed by atoms with van der Waals surface area (Å²) >= 11 is 0. The molecule has 4 saturated carbocycles. The highest BCUT2D eigenvalue weighted by atomic mass is 16.5. The minimum Gasteiger partial charge on any atom is -0.453 e. The molecule has 1 spiro atoms. The quantitative estimate of drug-likeness (QED) is 0.179. The molecule has 0 saturated heterocycles. The molecular formula is C53H40N4O. The summed E-state index contributed by atoms with van der Waals surface area (Å²) in [7, 11) is 0. The van der Waals surface area contributed by atoms with Crippen LogP contribution in [0.15, 0.2) is 158 Å². The highest BCUT2D eigenvalue weighted by Crippen LogP contribution is 2.70. The Hall–Kier alpha value is -6.59. The Labute approximate surface area is 338 Å². The van der Waals surface area contributed by atoms with Crippen molar-refractivity contribution >= 4 is 27.8 Å². The van der Waals surface area contributed by atoms with Crippen LogP contribution in [0.5, 0.6) is 11.5 Å². The molecule has 0 amide bonds. The lowest BCUT2D eigenvalue weighted by Crippen LogP contribution is -2.55. The van der Waals surface area contributed by atoms with Crippen LogP contribution in [-0.4, -0.2) is 15.0 Å². The van der Waals surface area contributed by atoms with Crippen LogP contribution in [0.4, 0.5) is 17.1 Å². The number of aromatic nitrogens is 3. The van der Waals surface area contributed by atoms with Gasteiger partial charge in [-0.3, -0.25) is 0 Å². The highest BCUT2D eigenvalue weighted by molar-refractivity contribution is 6.03. The Kier molecular flexibility index (Phi) is 6.84. The maximum Gasteiger partial charge on any atom is 0.164 e. The van der Waals surface area contributed by atoms with Gasteiger partial charge in [-0.15, -0.1) is 0 Å². The average Bonchev–Trinajstić information content (AvgIpc) is 3.58. The number of rotatable bonds is 4. The number of para-hydroxylation sites is 4. The fourth-order valence-corrected chi connectivity index (χ4v) is 12.2. The summed E-state index contributed by atoms with van der Waals surface area (Å²) < 4.78 is 6.29. The summed E-state index contributed by atoms with van der Waals surface area (Å²) in [5, 5.41) is 2.66. The Morgan fingerprint density at radius 3 is 1.72 bits per heavy atom. The second kappa shape index (κ2) is 12.2. The molecule has 0 radical (unpaired) electrons. The molecule has 58 heavy (non-hydrogen) atoms. The number of hydrogen-bond donors (Lipinski definition) is 0. The van der Waals surface area contributed by atoms with E-state index in [9.17, 15) is 0 Å². The van der Waals surface area contributed by atoms with E-state index in [-0.39, 0.29) is 5.41 Å². The topological polar surface area (TPSA) is 51.1 Å². The molecule has 4 fully saturated rings. The van der Waals surface area contributed by atoms with Gasteiger partial charge in [0.25, 0.3) is 0 Å². The SMILES string of the molecule is c1ccc(-c2nc(-c3ccc(N4c5ccccc5Oc5ccccc54)cc3)nc(-c3ccc4c(c3)-c3c(ccc5ccccc35)C43C4CC5CC(C4)CC3C5)n2)cc1. The zero-order chi connectivity index (χ0) is 38.0. The van der Waals surface area contributed by atoms with Gasteiger partial charge in [-0.1, -0.05) is 103 Å². The zero-order valence-electron chi connectivity index (χ0n) is 32.1. The zero-order valence-corrected chi connectivity index (χ0v) is 32.1. The molecule has 0 N–H and O–H groups in total. The van der Waals surface area contributed by atoms with E-state index >= 15 is 0 Å². The predicted octanol–water partition coefficient (Wildman–Crippen LogP) is 13.3. The van der Waals surface area contributed by atoms with Crippen LogP contribution < -0.4 is 9.64 Å². The third-order valence-corrected chi connectivity index (χ3v) is 14.3. The lowest BCUT2D eigenvalue weighted by atomic mass is 9.43. The smallest absolute Gasteiger partial charge is 0.164 e. The molecule has 2 heterocycles. The van der Waals surface area contributed by atoms with Gasteiger partial charge in [0.05, 0.1) is 11.4 Å². The first-order valence-corrected chi connectivity index (χ1v) is 20.9. The fraction of sp³-hybridized carbons (Fsp3) is 0.189. The number of ether oxygens (including phenoxy) is 1. The van der Waals surface area contributed by atoms with Gasteiger partial charge in [0.15, 0.2) is 29.0 Å². The number of fused-ring (bicyclic) bond motifs is 7. The summed E-state index contributed by atoms with van der Waals surface area (Å²) in [6, 6.07) is 56.3. The number of anilines is 3. The normalized spacial score (nSPS) is 23.0. The molecule has 8 aromatic rings. The van der Waals surface area contributed by atoms with Crippen molar-refractivity contribution in [1.29, 1.82) is 0 Å². The van der Waals surface area contributed by atoms with E-state index in [1.54, 1.807) is 5.56 Å². The Morgan fingerprint density at radius 2 is 1.03 bits per heavy atom. The van der Waals surface area contributed by atoms with E-state index in [2.05, 4.69) is 120 Å². The second-order valence-electron chi connectivity index (χ2n) is 17.2. The Balaban J connectivity index is 0.959. The molecule has 5 aliphatic carbocycles. The van der Waals surface area contributed by atoms with Crippen LogP contribution in [0, 0.1) is 23.7 Å². The van der Waals surface area contributed by atoms with Gasteiger partial charge in [-0.25, -0.2) is 15.0 Å². The molecule has 4 bridgehead atoms. The molecule has 7 aromatic carbocycles. The second-order valence-corrected chi connectivity index (χ2v) is 17.2. The van der Waals surface area contributed by atoms with Gasteiger partial charge in [-0.05, 0) is 143 Å². The maximum atomic E-state index is 6.29. The lowest BCUT2D eigenvalue weighted by Gasteiger charge is -2.61. The molecular weight excluding hydrogens is 709 g/mol. The van der Waals surface area contributed by atoms with E-state index in [1.807, 2.05) is 42.5 Å². The summed E-state index contributed by atoms with van der Waals surface area (Å²) in [4.78, 5) is 17.9. The van der Waals surface area contributed by atoms with Gasteiger partial charge < -0.3 is 9.64 Å². The summed E-state index contributed by atoms with van der Waals surface area (Å²) in [6.07, 6.45) is 6.90. The third kappa shape index (κ3) is 4.61. The van der Waals surface area contributed by atoms with Crippen molar-refractivity contribution in [2.24, 2.45) is 23.7 Å². The monoisotopic (exact) mass is 748 g/mol. The van der Waals surface area contributed by atoms with E-state index < -0.39 is 0 Å². The van der Waals surface area contributed by atoms with Crippen LogP contribution in [0.25, 0.3) is 56.1 Å². The minimum atomic E-state index is 0.0867. The molecule has 6 aliphatic rings. The van der Waals surface area contributed by atoms with Crippen molar-refractivity contribution in [2.45, 2.75) is 37.5 Å². The molecule has 5 heteroatoms. The molecule has 0 unspecified atom stereocenters. The molecule has 0 atom stereocenters. The van der Waals surface area contributed by atoms with E-state index in [4.69, 9.17) is 19.7 Å². The van der Waals surface area contributed by atoms with Crippen molar-refractivity contribution in [1.82, 2.24) is 15.0 Å². The first kappa shape index (κ1) is 32.5. The minimum absolute atomic E-state index is 0.0867. The van der Waals surface area contributed by atoms with Crippen LogP contribution in [0.1, 0.15) is 43.2 Å². The lowest BCUT2D eigenvalue weighted by molar-refractivity contribution is -0.0399. The third-order valence-electron chi connectivity index (χ3n) is 14.3. The highest BCUT2D eigenvalue weighted by Gasteiger charge is 2.61. The summed E-state index contributed by atoms with van der Waals surface area (Å²) in [5.74, 6) is 6.88. The van der Waals surface area contributed by atoms with Gasteiger partial charge in [-0.2, -0.15) is 0 Å². The van der Waals surface area contributed by atoms with E-state index in [0.717, 1.165) is 57.1 Å². The molecule has 278 valence electrons. The molecule has 1 aromatic heterocycles. The molecule has 14 rings (SSSR count). The largest absolute Gasteiger partial charge is 0.453 e. The fourth-order valence-electron chi connectivity index (χ4n) is 12.2. The standard InChI is InChI=1S/C53H40N4O/c1-2-11-35(12-3-1)50-54-51(36-18-22-40(23-19-36)57-45-14-6-8-16-47(45)58-48-17-9-7-15-46(48)57)56-52(55-50)37-21-24-43-42(31-37)49-41-13-5-4-10-34(41)20-25-44(49)53(43)38-27-32-26-33(29-38)30-39(53)28-32/h1-25,31-33,38-39H,26-30H2. The number of benzene rings is 7. The molecule has 5 nitrogen and oxygen atoms in total. The predicted molar refractivity (Wildman–Crippen MR) is 232 cm³/mol. The van der Waals surface area contributed by atoms with E-state index in [1.165, 1.54) is 59.6 Å². The van der Waals surface area contributed by atoms with Crippen LogP contribution in [0.2, 0.25) is 0 Å². The first-order valence-electron chi connectivity index (χ1n) is 20.9. The van der Waals surface area contributed by atoms with E-state index in [0.29, 0.717) is 29.3 Å². The van der Waals surface area contributed by atoms with Crippen molar-refractivity contribution in [3.63, 3.8) is 0 Å². The van der Waals surface area contributed by atoms with Crippen molar-refractivity contribution in [2.75, 3.05) is 4.90 Å². The Bertz CT molecular complexity index is 2880. The molecule has 1 aliphatic heterocycles. The van der Waals surface area contributed by atoms with Crippen molar-refractivity contribution in [3.05, 3.63) is 169 Å². The van der Waals surface area contributed by atoms with Crippen molar-refractivity contribution in [3.8, 4) is 56.8 Å². The average molecular weight is 749 g/mol. The van der Waals surface area contributed by atoms with Gasteiger partial charge >= 0.3 is 0 Å². The Morgan fingerprint density at radius 1 is 0.483 bits per heavy atom. The van der Waals surface area contributed by atoms with Gasteiger partial charge in [0, 0.05) is 27.8 Å². The first-order chi connectivity index (χ1) is 28.7. The summed E-state index contributed by atoms with van der Waals surface area (Å²) in [5.41, 5.74) is 12.0. The maximum absolute atomic E-state index is 6.29. The number of nitrogens with zero attached hydrogens (tertiary/aromatic N) is 4. The van der Waals surface area contributed by atoms with Crippen LogP contribution in [0.3, 0.4) is 0 Å². The van der Waals surface area contributed by atoms with Gasteiger partial charge in [0.1, 0.15) is 0 Å². The summed E-state index contributed by atoms with van der Waals surface area (Å²) in [6.45, 7) is 0. The number of hydrogen-bond acceptors (Lipinski definition) is 5. The van der Waals surface area contributed by atoms with Gasteiger partial charge in [0.2, 0.25) is 0 Å².